The number of aliphatic hydroxyl groups is 1. The second-order valence-corrected chi connectivity index (χ2v) is 14.1. The number of carbonyl (C=O) groups is 1. The summed E-state index contributed by atoms with van der Waals surface area (Å²) in [6, 6.07) is 39.8. The topological polar surface area (TPSA) is 102 Å². The van der Waals surface area contributed by atoms with Gasteiger partial charge in [0.05, 0.1) is 44.9 Å². The lowest BCUT2D eigenvalue weighted by molar-refractivity contribution is -0.318. The van der Waals surface area contributed by atoms with Gasteiger partial charge in [-0.15, -0.1) is 0 Å². The van der Waals surface area contributed by atoms with Crippen LogP contribution in [0.5, 0.6) is 0 Å². The summed E-state index contributed by atoms with van der Waals surface area (Å²) in [5, 5.41) is 10.3. The molecule has 7 rings (SSSR count). The van der Waals surface area contributed by atoms with Gasteiger partial charge in [0, 0.05) is 12.5 Å². The summed E-state index contributed by atoms with van der Waals surface area (Å²) in [5.74, 6) is -0.627. The van der Waals surface area contributed by atoms with Crippen molar-refractivity contribution in [3.05, 3.63) is 155 Å². The Kier molecular flexibility index (Phi) is 12.6. The zero-order valence-electron chi connectivity index (χ0n) is 30.0. The molecule has 1 saturated carbocycles. The summed E-state index contributed by atoms with van der Waals surface area (Å²) >= 11 is 0. The van der Waals surface area contributed by atoms with E-state index in [-0.39, 0.29) is 43.7 Å². The van der Waals surface area contributed by atoms with Crippen LogP contribution in [0.15, 0.2) is 133 Å². The number of ether oxygens (including phenoxy) is 7. The van der Waals surface area contributed by atoms with Crippen LogP contribution in [0.25, 0.3) is 0 Å². The van der Waals surface area contributed by atoms with E-state index in [2.05, 4.69) is 6.92 Å². The second kappa shape index (κ2) is 18.1. The number of fused-ring (bicyclic) bond motifs is 1. The van der Waals surface area contributed by atoms with Crippen molar-refractivity contribution in [3.63, 3.8) is 0 Å². The molecule has 278 valence electrons. The van der Waals surface area contributed by atoms with Gasteiger partial charge in [-0.1, -0.05) is 128 Å². The monoisotopic (exact) mass is 720 g/mol. The van der Waals surface area contributed by atoms with Gasteiger partial charge in [0.25, 0.3) is 0 Å². The van der Waals surface area contributed by atoms with Gasteiger partial charge in [-0.05, 0) is 40.5 Å². The SMILES string of the molecule is C[C@H]1C[C@@H]2OC(=O)/C(=C/O[C@@H]3O[C@H](COCc4ccccc4)[C@@H](OCc4ccccc4)[C@H](OCc4ccccc4)[C@H]3OCc3ccccc3)[C@@H]2[C@@H]1CO. The molecule has 9 nitrogen and oxygen atoms in total. The number of esters is 1. The first-order valence-electron chi connectivity index (χ1n) is 18.5. The Hall–Kier alpha value is -4.35. The highest BCUT2D eigenvalue weighted by atomic mass is 16.7. The smallest absolute Gasteiger partial charge is 0.337 e. The fraction of sp³-hybridized carbons (Fsp3) is 0.386. The number of aliphatic hydroxyl groups excluding tert-OH is 1. The molecule has 1 N–H and O–H groups in total. The Morgan fingerprint density at radius 2 is 1.17 bits per heavy atom. The van der Waals surface area contributed by atoms with Crippen molar-refractivity contribution in [3.8, 4) is 0 Å². The first kappa shape index (κ1) is 37.0. The summed E-state index contributed by atoms with van der Waals surface area (Å²) in [4.78, 5) is 13.2. The van der Waals surface area contributed by atoms with Crippen LogP contribution < -0.4 is 0 Å². The van der Waals surface area contributed by atoms with E-state index >= 15 is 0 Å². The number of hydrogen-bond donors (Lipinski definition) is 1. The van der Waals surface area contributed by atoms with Crippen molar-refractivity contribution >= 4 is 5.97 Å². The normalized spacial score (nSPS) is 28.8. The van der Waals surface area contributed by atoms with Crippen LogP contribution in [0.1, 0.15) is 35.6 Å². The first-order chi connectivity index (χ1) is 26.1. The molecule has 4 aromatic rings. The van der Waals surface area contributed by atoms with E-state index in [1.54, 1.807) is 0 Å². The summed E-state index contributed by atoms with van der Waals surface area (Å²) < 4.78 is 45.5. The van der Waals surface area contributed by atoms with Crippen molar-refractivity contribution in [2.24, 2.45) is 17.8 Å². The quantitative estimate of drug-likeness (QED) is 0.0763. The van der Waals surface area contributed by atoms with E-state index in [1.165, 1.54) is 6.26 Å². The highest BCUT2D eigenvalue weighted by Gasteiger charge is 2.53. The van der Waals surface area contributed by atoms with Gasteiger partial charge in [-0.25, -0.2) is 4.79 Å². The molecule has 0 amide bonds. The molecule has 9 heteroatoms. The summed E-state index contributed by atoms with van der Waals surface area (Å²) in [6.45, 7) is 3.45. The predicted octanol–water partition coefficient (Wildman–Crippen LogP) is 6.77. The molecule has 2 saturated heterocycles. The van der Waals surface area contributed by atoms with E-state index in [0.29, 0.717) is 31.8 Å². The molecule has 2 aliphatic heterocycles. The average Bonchev–Trinajstić information content (AvgIpc) is 3.67. The minimum absolute atomic E-state index is 0.0459. The molecule has 1 aliphatic carbocycles. The number of benzene rings is 4. The van der Waals surface area contributed by atoms with Crippen LogP contribution in [0.4, 0.5) is 0 Å². The standard InChI is InChI=1S/C44H48O9/c1-30-22-37-39(35(30)23-45)36(43(46)52-37)28-51-44-42(50-27-34-20-12-5-13-21-34)41(49-26-33-18-10-4-11-19-33)40(48-25-32-16-8-3-9-17-32)38(53-44)29-47-24-31-14-6-2-7-15-31/h2-21,28,30,35,37-42,44-45H,22-27,29H2,1H3/b36-28+/t30-,35+,37-,38+,39-,40+,41-,42+,44+/m0/s1. The maximum atomic E-state index is 13.2. The van der Waals surface area contributed by atoms with Crippen molar-refractivity contribution in [1.82, 2.24) is 0 Å². The number of carbonyl (C=O) groups excluding carboxylic acids is 1. The number of rotatable bonds is 16. The lowest BCUT2D eigenvalue weighted by Gasteiger charge is -2.45. The Bertz CT molecular complexity index is 1740. The molecule has 0 unspecified atom stereocenters. The largest absolute Gasteiger partial charge is 0.469 e. The molecule has 2 heterocycles. The highest BCUT2D eigenvalue weighted by molar-refractivity contribution is 5.91. The maximum Gasteiger partial charge on any atom is 0.337 e. The van der Waals surface area contributed by atoms with Crippen LogP contribution in [0.2, 0.25) is 0 Å². The number of hydrogen-bond acceptors (Lipinski definition) is 9. The summed E-state index contributed by atoms with van der Waals surface area (Å²) in [5.41, 5.74) is 4.38. The van der Waals surface area contributed by atoms with E-state index in [9.17, 15) is 9.90 Å². The van der Waals surface area contributed by atoms with Gasteiger partial charge in [0.1, 0.15) is 30.5 Å². The predicted molar refractivity (Wildman–Crippen MR) is 197 cm³/mol. The fourth-order valence-electron chi connectivity index (χ4n) is 7.63. The summed E-state index contributed by atoms with van der Waals surface area (Å²) in [6.07, 6.45) is -1.87. The van der Waals surface area contributed by atoms with E-state index in [0.717, 1.165) is 22.3 Å². The molecular weight excluding hydrogens is 672 g/mol. The third kappa shape index (κ3) is 9.24. The van der Waals surface area contributed by atoms with Gasteiger partial charge in [-0.2, -0.15) is 0 Å². The molecule has 3 fully saturated rings. The Morgan fingerprint density at radius 3 is 1.70 bits per heavy atom. The van der Waals surface area contributed by atoms with Crippen molar-refractivity contribution in [2.75, 3.05) is 13.2 Å². The molecular formula is C44H48O9. The molecule has 0 bridgehead atoms. The zero-order valence-corrected chi connectivity index (χ0v) is 30.0. The van der Waals surface area contributed by atoms with Gasteiger partial charge in [0.2, 0.25) is 6.29 Å². The highest BCUT2D eigenvalue weighted by Crippen LogP contribution is 2.47. The Balaban J connectivity index is 1.21. The van der Waals surface area contributed by atoms with Crippen molar-refractivity contribution in [2.45, 2.75) is 76.6 Å². The molecule has 0 aromatic heterocycles. The maximum absolute atomic E-state index is 13.2. The van der Waals surface area contributed by atoms with E-state index in [4.69, 9.17) is 33.2 Å². The molecule has 4 aromatic carbocycles. The van der Waals surface area contributed by atoms with Crippen LogP contribution in [0, 0.1) is 17.8 Å². The molecule has 0 spiro atoms. The average molecular weight is 721 g/mol. The molecule has 3 aliphatic rings. The Morgan fingerprint density at radius 1 is 0.679 bits per heavy atom. The van der Waals surface area contributed by atoms with Crippen LogP contribution >= 0.6 is 0 Å². The van der Waals surface area contributed by atoms with E-state index < -0.39 is 36.7 Å². The second-order valence-electron chi connectivity index (χ2n) is 14.1. The van der Waals surface area contributed by atoms with Crippen LogP contribution in [-0.4, -0.2) is 61.1 Å². The fourth-order valence-corrected chi connectivity index (χ4v) is 7.63. The third-order valence-corrected chi connectivity index (χ3v) is 10.4. The molecule has 9 atom stereocenters. The van der Waals surface area contributed by atoms with Gasteiger partial charge in [0.15, 0.2) is 0 Å². The van der Waals surface area contributed by atoms with Crippen molar-refractivity contribution in [1.29, 1.82) is 0 Å². The minimum Gasteiger partial charge on any atom is -0.469 e. The lowest BCUT2D eigenvalue weighted by Crippen LogP contribution is -2.61. The first-order valence-corrected chi connectivity index (χ1v) is 18.5. The van der Waals surface area contributed by atoms with Crippen LogP contribution in [0.3, 0.4) is 0 Å². The van der Waals surface area contributed by atoms with Crippen molar-refractivity contribution < 1.29 is 43.1 Å². The summed E-state index contributed by atoms with van der Waals surface area (Å²) in [7, 11) is 0. The van der Waals surface area contributed by atoms with Gasteiger partial charge < -0.3 is 38.3 Å². The van der Waals surface area contributed by atoms with Crippen LogP contribution in [-0.2, 0) is 64.4 Å². The molecule has 53 heavy (non-hydrogen) atoms. The van der Waals surface area contributed by atoms with Gasteiger partial charge >= 0.3 is 5.97 Å². The van der Waals surface area contributed by atoms with Gasteiger partial charge in [-0.3, -0.25) is 0 Å². The lowest BCUT2D eigenvalue weighted by atomic mass is 9.87. The molecule has 0 radical (unpaired) electrons. The third-order valence-electron chi connectivity index (χ3n) is 10.4. The Labute approximate surface area is 311 Å². The minimum atomic E-state index is -1.01. The van der Waals surface area contributed by atoms with E-state index in [1.807, 2.05) is 121 Å². The zero-order chi connectivity index (χ0) is 36.4.